The van der Waals surface area contributed by atoms with E-state index in [1.807, 2.05) is 18.2 Å². The molecule has 0 bridgehead atoms. The lowest BCUT2D eigenvalue weighted by molar-refractivity contribution is -0.171. The largest absolute Gasteiger partial charge is 0.451 e. The van der Waals surface area contributed by atoms with Gasteiger partial charge in [-0.2, -0.15) is 0 Å². The Bertz CT molecular complexity index is 896. The van der Waals surface area contributed by atoms with Crippen molar-refractivity contribution in [3.63, 3.8) is 0 Å². The van der Waals surface area contributed by atoms with Crippen LogP contribution in [0.25, 0.3) is 5.57 Å². The molecule has 4 aliphatic rings. The molecule has 4 nitrogen and oxygen atoms in total. The summed E-state index contributed by atoms with van der Waals surface area (Å²) in [4.78, 5) is 25.5. The number of esters is 2. The van der Waals surface area contributed by atoms with Crippen LogP contribution in [0, 0.1) is 5.41 Å². The summed E-state index contributed by atoms with van der Waals surface area (Å²) in [5, 5.41) is 0. The van der Waals surface area contributed by atoms with Crippen molar-refractivity contribution in [2.45, 2.75) is 69.5 Å². The van der Waals surface area contributed by atoms with Crippen LogP contribution < -0.4 is 0 Å². The number of carbonyl (C=O) groups is 2. The van der Waals surface area contributed by atoms with E-state index < -0.39 is 11.2 Å². The first kappa shape index (κ1) is 17.7. The van der Waals surface area contributed by atoms with E-state index in [-0.39, 0.29) is 17.4 Å². The lowest BCUT2D eigenvalue weighted by Crippen LogP contribution is -2.40. The number of carbonyl (C=O) groups excluding carboxylic acids is 2. The highest BCUT2D eigenvalue weighted by atomic mass is 16.6. The molecule has 0 N–H and O–H groups in total. The van der Waals surface area contributed by atoms with Gasteiger partial charge in [-0.25, -0.2) is 9.59 Å². The maximum atomic E-state index is 13.4. The van der Waals surface area contributed by atoms with E-state index >= 15 is 0 Å². The van der Waals surface area contributed by atoms with Crippen molar-refractivity contribution >= 4 is 17.5 Å². The molecule has 0 saturated heterocycles. The molecular formula is C24H26O4. The lowest BCUT2D eigenvalue weighted by Gasteiger charge is -2.28. The number of rotatable bonds is 6. The molecule has 0 radical (unpaired) electrons. The minimum atomic E-state index is -0.637. The highest BCUT2D eigenvalue weighted by Gasteiger charge is 2.72. The van der Waals surface area contributed by atoms with Crippen LogP contribution in [-0.2, 0) is 19.1 Å². The van der Waals surface area contributed by atoms with Gasteiger partial charge in [0.2, 0.25) is 0 Å². The fourth-order valence-corrected chi connectivity index (χ4v) is 4.87. The summed E-state index contributed by atoms with van der Waals surface area (Å²) in [7, 11) is 0. The zero-order valence-electron chi connectivity index (χ0n) is 16.4. The molecular weight excluding hydrogens is 352 g/mol. The van der Waals surface area contributed by atoms with Gasteiger partial charge in [0.15, 0.2) is 11.2 Å². The van der Waals surface area contributed by atoms with Gasteiger partial charge in [-0.1, -0.05) is 36.9 Å². The molecule has 1 aromatic rings. The second kappa shape index (κ2) is 5.82. The Hall–Kier alpha value is -2.36. The van der Waals surface area contributed by atoms with Crippen LogP contribution in [0.3, 0.4) is 0 Å². The van der Waals surface area contributed by atoms with Crippen LogP contribution in [0.15, 0.2) is 48.1 Å². The van der Waals surface area contributed by atoms with Crippen molar-refractivity contribution < 1.29 is 19.1 Å². The van der Waals surface area contributed by atoms with E-state index in [0.717, 1.165) is 68.1 Å². The zero-order valence-corrected chi connectivity index (χ0v) is 16.4. The predicted octanol–water partition coefficient (Wildman–Crippen LogP) is 4.74. The summed E-state index contributed by atoms with van der Waals surface area (Å²) in [6, 6.07) is 10.2. The Morgan fingerprint density at radius 1 is 0.893 bits per heavy atom. The van der Waals surface area contributed by atoms with Crippen molar-refractivity contribution in [3.05, 3.63) is 53.6 Å². The molecule has 3 saturated carbocycles. The number of hydrogen-bond donors (Lipinski definition) is 0. The molecule has 0 atom stereocenters. The van der Waals surface area contributed by atoms with Gasteiger partial charge in [-0.3, -0.25) is 0 Å². The molecule has 1 spiro atoms. The van der Waals surface area contributed by atoms with Gasteiger partial charge >= 0.3 is 11.9 Å². The van der Waals surface area contributed by atoms with Crippen LogP contribution in [0.1, 0.15) is 63.9 Å². The molecule has 4 aliphatic carbocycles. The van der Waals surface area contributed by atoms with E-state index in [1.54, 1.807) is 6.92 Å². The Kier molecular flexibility index (Phi) is 3.68. The van der Waals surface area contributed by atoms with Gasteiger partial charge in [0.25, 0.3) is 0 Å². The van der Waals surface area contributed by atoms with Gasteiger partial charge < -0.3 is 9.47 Å². The van der Waals surface area contributed by atoms with Crippen molar-refractivity contribution in [1.82, 2.24) is 0 Å². The highest BCUT2D eigenvalue weighted by Crippen LogP contribution is 2.65. The normalized spacial score (nSPS) is 24.6. The Balaban J connectivity index is 1.42. The van der Waals surface area contributed by atoms with E-state index in [1.165, 1.54) is 0 Å². The Morgan fingerprint density at radius 3 is 2.04 bits per heavy atom. The summed E-state index contributed by atoms with van der Waals surface area (Å²) < 4.78 is 11.9. The van der Waals surface area contributed by atoms with Gasteiger partial charge in [0, 0.05) is 16.6 Å². The van der Waals surface area contributed by atoms with Gasteiger partial charge in [-0.15, -0.1) is 0 Å². The number of ether oxygens (including phenoxy) is 2. The third-order valence-electron chi connectivity index (χ3n) is 7.03. The smallest absolute Gasteiger partial charge is 0.335 e. The molecule has 0 unspecified atom stereocenters. The first-order valence-corrected chi connectivity index (χ1v) is 10.3. The molecule has 0 heterocycles. The summed E-state index contributed by atoms with van der Waals surface area (Å²) in [6.45, 7) is 5.32. The van der Waals surface area contributed by atoms with Gasteiger partial charge in [0.1, 0.15) is 0 Å². The first-order valence-electron chi connectivity index (χ1n) is 10.3. The summed E-state index contributed by atoms with van der Waals surface area (Å²) in [5.74, 6) is -0.576. The molecule has 3 fully saturated rings. The fraction of sp³-hybridized carbons (Fsp3) is 0.500. The molecule has 1 aromatic carbocycles. The summed E-state index contributed by atoms with van der Waals surface area (Å²) >= 11 is 0. The quantitative estimate of drug-likeness (QED) is 0.530. The Morgan fingerprint density at radius 2 is 1.50 bits per heavy atom. The SMILES string of the molecule is C=C(C)C(=O)OC1(C2(OC(=O)C3=C(c4ccccc4)CCC34CC4)CC2)CC1. The van der Waals surface area contributed by atoms with Gasteiger partial charge in [0.05, 0.1) is 0 Å². The average molecular weight is 378 g/mol. The number of benzene rings is 1. The number of hydrogen-bond acceptors (Lipinski definition) is 4. The van der Waals surface area contributed by atoms with E-state index in [4.69, 9.17) is 9.47 Å². The monoisotopic (exact) mass is 378 g/mol. The standard InChI is InChI=1S/C24H26O4/c1-16(2)20(25)27-23(12-13-23)24(14-15-24)28-21(26)19-18(8-9-22(19)10-11-22)17-6-4-3-5-7-17/h3-7H,1,8-15H2,2H3. The minimum absolute atomic E-state index is 0.0173. The topological polar surface area (TPSA) is 52.6 Å². The fourth-order valence-electron chi connectivity index (χ4n) is 4.87. The molecule has 0 amide bonds. The first-order chi connectivity index (χ1) is 13.4. The van der Waals surface area contributed by atoms with Crippen LogP contribution in [0.2, 0.25) is 0 Å². The molecule has 4 heteroatoms. The van der Waals surface area contributed by atoms with E-state index in [0.29, 0.717) is 5.57 Å². The maximum Gasteiger partial charge on any atom is 0.335 e. The molecule has 28 heavy (non-hydrogen) atoms. The minimum Gasteiger partial charge on any atom is -0.451 e. The second-order valence-corrected chi connectivity index (χ2v) is 9.05. The van der Waals surface area contributed by atoms with Crippen LogP contribution in [0.5, 0.6) is 0 Å². The molecule has 0 aromatic heterocycles. The maximum absolute atomic E-state index is 13.4. The molecule has 5 rings (SSSR count). The Labute approximate surface area is 165 Å². The second-order valence-electron chi connectivity index (χ2n) is 9.05. The zero-order chi connectivity index (χ0) is 19.6. The number of allylic oxidation sites excluding steroid dienone is 1. The van der Waals surface area contributed by atoms with Crippen molar-refractivity contribution in [2.75, 3.05) is 0 Å². The predicted molar refractivity (Wildman–Crippen MR) is 105 cm³/mol. The van der Waals surface area contributed by atoms with Crippen LogP contribution in [0.4, 0.5) is 0 Å². The van der Waals surface area contributed by atoms with Crippen LogP contribution in [-0.4, -0.2) is 23.1 Å². The third kappa shape index (κ3) is 2.65. The van der Waals surface area contributed by atoms with Crippen molar-refractivity contribution in [3.8, 4) is 0 Å². The lowest BCUT2D eigenvalue weighted by atomic mass is 9.95. The van der Waals surface area contributed by atoms with Crippen LogP contribution >= 0.6 is 0 Å². The van der Waals surface area contributed by atoms with E-state index in [9.17, 15) is 9.59 Å². The average Bonchev–Trinajstić information content (AvgIpc) is 3.54. The third-order valence-corrected chi connectivity index (χ3v) is 7.03. The molecule has 0 aliphatic heterocycles. The van der Waals surface area contributed by atoms with Gasteiger partial charge in [-0.05, 0) is 69.4 Å². The molecule has 146 valence electrons. The highest BCUT2D eigenvalue weighted by molar-refractivity contribution is 6.01. The van der Waals surface area contributed by atoms with E-state index in [2.05, 4.69) is 18.7 Å². The van der Waals surface area contributed by atoms with Crippen molar-refractivity contribution in [2.24, 2.45) is 5.41 Å². The summed E-state index contributed by atoms with van der Waals surface area (Å²) in [6.07, 6.45) is 7.14. The summed E-state index contributed by atoms with van der Waals surface area (Å²) in [5.41, 5.74) is 2.27. The van der Waals surface area contributed by atoms with Crippen molar-refractivity contribution in [1.29, 1.82) is 0 Å².